The fourth-order valence-corrected chi connectivity index (χ4v) is 2.07. The van der Waals surface area contributed by atoms with Crippen LogP contribution in [0.5, 0.6) is 11.5 Å². The smallest absolute Gasteiger partial charge is 0.335 e. The molecule has 0 bridgehead atoms. The van der Waals surface area contributed by atoms with E-state index in [0.29, 0.717) is 22.6 Å². The van der Waals surface area contributed by atoms with Gasteiger partial charge in [-0.1, -0.05) is 24.3 Å². The Morgan fingerprint density at radius 2 is 1.83 bits per heavy atom. The summed E-state index contributed by atoms with van der Waals surface area (Å²) in [5.41, 5.74) is 1.91. The molecule has 0 aromatic heterocycles. The van der Waals surface area contributed by atoms with Crippen molar-refractivity contribution < 1.29 is 19.4 Å². The Morgan fingerprint density at radius 1 is 1.09 bits per heavy atom. The zero-order chi connectivity index (χ0) is 16.8. The fourth-order valence-electron chi connectivity index (χ4n) is 2.07. The highest BCUT2D eigenvalue weighted by Crippen LogP contribution is 2.28. The molecule has 0 unspecified atom stereocenters. The molecule has 0 aliphatic rings. The van der Waals surface area contributed by atoms with E-state index in [-0.39, 0.29) is 5.56 Å². The number of carboxylic acids is 1. The van der Waals surface area contributed by atoms with E-state index in [0.717, 1.165) is 5.56 Å². The highest BCUT2D eigenvalue weighted by molar-refractivity contribution is 5.89. The van der Waals surface area contributed by atoms with Gasteiger partial charge < -0.3 is 14.6 Å². The molecular weight excluding hydrogens is 294 g/mol. The summed E-state index contributed by atoms with van der Waals surface area (Å²) in [6.45, 7) is 0. The molecule has 0 saturated carbocycles. The first-order chi connectivity index (χ1) is 11.1. The van der Waals surface area contributed by atoms with Gasteiger partial charge in [0.25, 0.3) is 0 Å². The first-order valence-electron chi connectivity index (χ1n) is 6.76. The molecular formula is C18H15NO4. The Hall–Kier alpha value is -3.26. The average Bonchev–Trinajstić information content (AvgIpc) is 2.59. The fraction of sp³-hybridized carbons (Fsp3) is 0.111. The molecule has 0 heterocycles. The van der Waals surface area contributed by atoms with Crippen LogP contribution in [0.1, 0.15) is 27.0 Å². The molecule has 2 rings (SSSR count). The summed E-state index contributed by atoms with van der Waals surface area (Å²) in [6, 6.07) is 11.9. The number of ether oxygens (including phenoxy) is 2. The van der Waals surface area contributed by atoms with Crippen molar-refractivity contribution in [1.29, 1.82) is 5.26 Å². The topological polar surface area (TPSA) is 79.5 Å². The van der Waals surface area contributed by atoms with Crippen molar-refractivity contribution in [2.75, 3.05) is 14.2 Å². The number of carboxylic acid groups (broad SMARTS) is 1. The second kappa shape index (κ2) is 7.14. The Bertz CT molecular complexity index is 803. The van der Waals surface area contributed by atoms with Gasteiger partial charge in [0.1, 0.15) is 0 Å². The van der Waals surface area contributed by atoms with Gasteiger partial charge in [0.05, 0.1) is 31.4 Å². The summed E-state index contributed by atoms with van der Waals surface area (Å²) >= 11 is 0. The van der Waals surface area contributed by atoms with Crippen LogP contribution in [0.25, 0.3) is 12.2 Å². The first-order valence-corrected chi connectivity index (χ1v) is 6.76. The lowest BCUT2D eigenvalue weighted by molar-refractivity contribution is 0.0697. The summed E-state index contributed by atoms with van der Waals surface area (Å²) in [5, 5.41) is 18.1. The highest BCUT2D eigenvalue weighted by Gasteiger charge is 2.07. The minimum atomic E-state index is -1.06. The van der Waals surface area contributed by atoms with Crippen LogP contribution in [0, 0.1) is 11.3 Å². The van der Waals surface area contributed by atoms with Crippen LogP contribution < -0.4 is 9.47 Å². The number of aromatic carboxylic acids is 1. The quantitative estimate of drug-likeness (QED) is 0.856. The van der Waals surface area contributed by atoms with E-state index in [9.17, 15) is 4.79 Å². The zero-order valence-electron chi connectivity index (χ0n) is 12.7. The monoisotopic (exact) mass is 309 g/mol. The zero-order valence-corrected chi connectivity index (χ0v) is 12.7. The van der Waals surface area contributed by atoms with Crippen molar-refractivity contribution in [2.45, 2.75) is 0 Å². The van der Waals surface area contributed by atoms with Gasteiger partial charge in [0, 0.05) is 0 Å². The summed E-state index contributed by atoms with van der Waals surface area (Å²) in [5.74, 6) is 0.182. The third-order valence-corrected chi connectivity index (χ3v) is 3.28. The third kappa shape index (κ3) is 3.69. The number of hydrogen-bond donors (Lipinski definition) is 1. The van der Waals surface area contributed by atoms with E-state index in [2.05, 4.69) is 0 Å². The lowest BCUT2D eigenvalue weighted by Gasteiger charge is -2.07. The Morgan fingerprint density at radius 3 is 2.43 bits per heavy atom. The van der Waals surface area contributed by atoms with Gasteiger partial charge >= 0.3 is 5.97 Å². The van der Waals surface area contributed by atoms with Crippen molar-refractivity contribution in [1.82, 2.24) is 0 Å². The second-order valence-corrected chi connectivity index (χ2v) is 4.67. The lowest BCUT2D eigenvalue weighted by atomic mass is 10.0. The molecule has 1 N–H and O–H groups in total. The molecule has 116 valence electrons. The molecule has 0 fully saturated rings. The minimum absolute atomic E-state index is 0.0878. The van der Waals surface area contributed by atoms with Crippen LogP contribution in [0.2, 0.25) is 0 Å². The average molecular weight is 309 g/mol. The summed E-state index contributed by atoms with van der Waals surface area (Å²) < 4.78 is 10.4. The number of methoxy groups -OCH3 is 2. The number of rotatable bonds is 5. The van der Waals surface area contributed by atoms with Gasteiger partial charge in [-0.25, -0.2) is 4.79 Å². The SMILES string of the molecule is COc1ccc(C=Cc2ccc(C(=O)O)cc2C#N)cc1OC. The molecule has 0 aliphatic carbocycles. The molecule has 0 radical (unpaired) electrons. The van der Waals surface area contributed by atoms with Crippen LogP contribution in [0.4, 0.5) is 0 Å². The predicted octanol–water partition coefficient (Wildman–Crippen LogP) is 3.44. The van der Waals surface area contributed by atoms with Crippen molar-refractivity contribution in [3.05, 3.63) is 58.7 Å². The van der Waals surface area contributed by atoms with Gasteiger partial charge in [-0.05, 0) is 35.4 Å². The number of nitrogens with zero attached hydrogens (tertiary/aromatic N) is 1. The predicted molar refractivity (Wildman–Crippen MR) is 86.6 cm³/mol. The molecule has 5 nitrogen and oxygen atoms in total. The minimum Gasteiger partial charge on any atom is -0.493 e. The molecule has 5 heteroatoms. The molecule has 0 atom stereocenters. The van der Waals surface area contributed by atoms with E-state index in [1.807, 2.05) is 24.3 Å². The maximum Gasteiger partial charge on any atom is 0.335 e. The largest absolute Gasteiger partial charge is 0.493 e. The van der Waals surface area contributed by atoms with Crippen LogP contribution in [-0.4, -0.2) is 25.3 Å². The lowest BCUT2D eigenvalue weighted by Crippen LogP contribution is -1.97. The van der Waals surface area contributed by atoms with Crippen LogP contribution in [-0.2, 0) is 0 Å². The van der Waals surface area contributed by atoms with E-state index in [1.54, 1.807) is 32.4 Å². The standard InChI is InChI=1S/C18H15NO4/c1-22-16-8-4-12(9-17(16)23-2)3-5-13-6-7-14(18(20)21)10-15(13)11-19/h3-10H,1-2H3,(H,20,21). The molecule has 23 heavy (non-hydrogen) atoms. The van der Waals surface area contributed by atoms with Gasteiger partial charge in [0.2, 0.25) is 0 Å². The summed E-state index contributed by atoms with van der Waals surface area (Å²) in [6.07, 6.45) is 3.57. The van der Waals surface area contributed by atoms with Gasteiger partial charge in [0.15, 0.2) is 11.5 Å². The normalized spacial score (nSPS) is 10.3. The Balaban J connectivity index is 2.33. The second-order valence-electron chi connectivity index (χ2n) is 4.67. The van der Waals surface area contributed by atoms with Crippen molar-refractivity contribution in [2.24, 2.45) is 0 Å². The Kier molecular flexibility index (Phi) is 5.00. The van der Waals surface area contributed by atoms with E-state index in [4.69, 9.17) is 19.8 Å². The molecule has 2 aromatic rings. The maximum atomic E-state index is 10.9. The van der Waals surface area contributed by atoms with Crippen LogP contribution in [0.3, 0.4) is 0 Å². The van der Waals surface area contributed by atoms with Crippen molar-refractivity contribution in [3.63, 3.8) is 0 Å². The molecule has 0 aliphatic heterocycles. The van der Waals surface area contributed by atoms with Crippen LogP contribution in [0.15, 0.2) is 36.4 Å². The van der Waals surface area contributed by atoms with E-state index >= 15 is 0 Å². The van der Waals surface area contributed by atoms with Crippen molar-refractivity contribution >= 4 is 18.1 Å². The van der Waals surface area contributed by atoms with Crippen molar-refractivity contribution in [3.8, 4) is 17.6 Å². The van der Waals surface area contributed by atoms with Gasteiger partial charge in [-0.3, -0.25) is 0 Å². The van der Waals surface area contributed by atoms with E-state index < -0.39 is 5.97 Å². The number of nitriles is 1. The van der Waals surface area contributed by atoms with Gasteiger partial charge in [-0.2, -0.15) is 5.26 Å². The summed E-state index contributed by atoms with van der Waals surface area (Å²) in [4.78, 5) is 10.9. The number of carbonyl (C=O) groups is 1. The van der Waals surface area contributed by atoms with E-state index in [1.165, 1.54) is 12.1 Å². The first kappa shape index (κ1) is 16.1. The molecule has 2 aromatic carbocycles. The maximum absolute atomic E-state index is 10.9. The van der Waals surface area contributed by atoms with Crippen LogP contribution >= 0.6 is 0 Å². The molecule has 0 saturated heterocycles. The van der Waals surface area contributed by atoms with Gasteiger partial charge in [-0.15, -0.1) is 0 Å². The number of benzene rings is 2. The Labute approximate surface area is 134 Å². The summed E-state index contributed by atoms with van der Waals surface area (Å²) in [7, 11) is 3.13. The highest BCUT2D eigenvalue weighted by atomic mass is 16.5. The number of hydrogen-bond acceptors (Lipinski definition) is 4. The third-order valence-electron chi connectivity index (χ3n) is 3.28. The molecule has 0 spiro atoms. The molecule has 0 amide bonds.